The van der Waals surface area contributed by atoms with Crippen LogP contribution < -0.4 is 15.4 Å². The first kappa shape index (κ1) is 15.8. The number of methoxy groups -OCH3 is 1. The molecule has 0 radical (unpaired) electrons. The monoisotopic (exact) mass is 291 g/mol. The fraction of sp³-hybridized carbons (Fsp3) is 0.562. The van der Waals surface area contributed by atoms with E-state index in [2.05, 4.69) is 15.5 Å². The summed E-state index contributed by atoms with van der Waals surface area (Å²) >= 11 is 0. The Morgan fingerprint density at radius 1 is 1.38 bits per heavy atom. The van der Waals surface area contributed by atoms with Gasteiger partial charge in [-0.2, -0.15) is 0 Å². The molecule has 0 bridgehead atoms. The Morgan fingerprint density at radius 3 is 2.76 bits per heavy atom. The second kappa shape index (κ2) is 8.00. The van der Waals surface area contributed by atoms with Crippen molar-refractivity contribution >= 4 is 11.6 Å². The summed E-state index contributed by atoms with van der Waals surface area (Å²) in [6, 6.07) is 7.88. The predicted octanol–water partition coefficient (Wildman–Crippen LogP) is 1.71. The van der Waals surface area contributed by atoms with Crippen LogP contribution in [-0.2, 0) is 4.79 Å². The van der Waals surface area contributed by atoms with Crippen LogP contribution in [0.15, 0.2) is 24.3 Å². The lowest BCUT2D eigenvalue weighted by Crippen LogP contribution is -2.44. The third-order valence-electron chi connectivity index (χ3n) is 3.73. The molecule has 1 fully saturated rings. The van der Waals surface area contributed by atoms with Crippen molar-refractivity contribution in [1.82, 2.24) is 10.2 Å². The molecule has 1 amide bonds. The molecule has 1 atom stereocenters. The second-order valence-electron chi connectivity index (χ2n) is 5.62. The van der Waals surface area contributed by atoms with Crippen molar-refractivity contribution in [3.8, 4) is 5.75 Å². The van der Waals surface area contributed by atoms with Gasteiger partial charge in [-0.25, -0.2) is 0 Å². The van der Waals surface area contributed by atoms with Crippen LogP contribution in [0.5, 0.6) is 5.75 Å². The summed E-state index contributed by atoms with van der Waals surface area (Å²) in [7, 11) is 3.62. The van der Waals surface area contributed by atoms with E-state index < -0.39 is 0 Å². The number of anilines is 1. The summed E-state index contributed by atoms with van der Waals surface area (Å²) in [6.07, 6.45) is 3.74. The third-order valence-corrected chi connectivity index (χ3v) is 3.73. The molecule has 1 heterocycles. The number of hydrogen-bond donors (Lipinski definition) is 2. The molecule has 116 valence electrons. The Bertz CT molecular complexity index is 441. The molecule has 0 aliphatic carbocycles. The van der Waals surface area contributed by atoms with Crippen LogP contribution in [0.1, 0.15) is 19.3 Å². The molecule has 0 spiro atoms. The minimum Gasteiger partial charge on any atom is -0.497 e. The van der Waals surface area contributed by atoms with Gasteiger partial charge in [0.05, 0.1) is 13.7 Å². The van der Waals surface area contributed by atoms with Crippen LogP contribution in [0.4, 0.5) is 5.69 Å². The van der Waals surface area contributed by atoms with Crippen molar-refractivity contribution < 1.29 is 9.53 Å². The van der Waals surface area contributed by atoms with Crippen LogP contribution in [0.2, 0.25) is 0 Å². The van der Waals surface area contributed by atoms with Gasteiger partial charge in [0.15, 0.2) is 0 Å². The average Bonchev–Trinajstić information content (AvgIpc) is 2.48. The van der Waals surface area contributed by atoms with E-state index in [-0.39, 0.29) is 5.91 Å². The van der Waals surface area contributed by atoms with Gasteiger partial charge in [0.2, 0.25) is 5.91 Å². The fourth-order valence-electron chi connectivity index (χ4n) is 2.64. The van der Waals surface area contributed by atoms with Gasteiger partial charge in [-0.15, -0.1) is 0 Å². The number of hydrogen-bond acceptors (Lipinski definition) is 4. The zero-order valence-electron chi connectivity index (χ0n) is 12.9. The highest BCUT2D eigenvalue weighted by molar-refractivity contribution is 5.92. The number of rotatable bonds is 6. The first-order chi connectivity index (χ1) is 10.2. The van der Waals surface area contributed by atoms with Crippen molar-refractivity contribution in [2.75, 3.05) is 39.1 Å². The van der Waals surface area contributed by atoms with E-state index in [4.69, 9.17) is 4.74 Å². The average molecular weight is 291 g/mol. The number of carbonyl (C=O) groups excluding carboxylic acids is 1. The van der Waals surface area contributed by atoms with Crippen LogP contribution in [-0.4, -0.2) is 50.6 Å². The van der Waals surface area contributed by atoms with Crippen molar-refractivity contribution in [2.24, 2.45) is 0 Å². The number of ether oxygens (including phenoxy) is 1. The molecule has 5 nitrogen and oxygen atoms in total. The van der Waals surface area contributed by atoms with Crippen molar-refractivity contribution in [3.63, 3.8) is 0 Å². The van der Waals surface area contributed by atoms with Crippen molar-refractivity contribution in [2.45, 2.75) is 25.3 Å². The van der Waals surface area contributed by atoms with Crippen LogP contribution in [0.25, 0.3) is 0 Å². The SMILES string of the molecule is COc1ccc(NC(=O)CN(C)CC2CCCCN2)cc1. The molecule has 1 aliphatic rings. The van der Waals surface area contributed by atoms with E-state index in [0.717, 1.165) is 24.5 Å². The molecule has 2 rings (SSSR count). The normalized spacial score (nSPS) is 18.5. The summed E-state index contributed by atoms with van der Waals surface area (Å²) in [5, 5.41) is 6.40. The van der Waals surface area contributed by atoms with Gasteiger partial charge in [0.1, 0.15) is 5.75 Å². The molecular weight excluding hydrogens is 266 g/mol. The van der Waals surface area contributed by atoms with Crippen LogP contribution in [0.3, 0.4) is 0 Å². The molecule has 1 aromatic carbocycles. The van der Waals surface area contributed by atoms with E-state index in [1.165, 1.54) is 19.3 Å². The van der Waals surface area contributed by atoms with Crippen LogP contribution >= 0.6 is 0 Å². The molecule has 1 saturated heterocycles. The summed E-state index contributed by atoms with van der Waals surface area (Å²) in [4.78, 5) is 14.1. The minimum absolute atomic E-state index is 0.0125. The largest absolute Gasteiger partial charge is 0.497 e. The highest BCUT2D eigenvalue weighted by Gasteiger charge is 2.16. The molecule has 2 N–H and O–H groups in total. The highest BCUT2D eigenvalue weighted by atomic mass is 16.5. The topological polar surface area (TPSA) is 53.6 Å². The van der Waals surface area contributed by atoms with E-state index >= 15 is 0 Å². The minimum atomic E-state index is 0.0125. The smallest absolute Gasteiger partial charge is 0.238 e. The van der Waals surface area contributed by atoms with Crippen molar-refractivity contribution in [1.29, 1.82) is 0 Å². The summed E-state index contributed by atoms with van der Waals surface area (Å²) in [6.45, 7) is 2.41. The quantitative estimate of drug-likeness (QED) is 0.838. The van der Waals surface area contributed by atoms with E-state index in [1.807, 2.05) is 31.3 Å². The summed E-state index contributed by atoms with van der Waals surface area (Å²) in [5.41, 5.74) is 0.796. The Labute approximate surface area is 126 Å². The lowest BCUT2D eigenvalue weighted by atomic mass is 10.0. The Kier molecular flexibility index (Phi) is 6.02. The highest BCUT2D eigenvalue weighted by Crippen LogP contribution is 2.15. The lowest BCUT2D eigenvalue weighted by molar-refractivity contribution is -0.117. The molecule has 1 unspecified atom stereocenters. The maximum absolute atomic E-state index is 12.0. The number of nitrogens with zero attached hydrogens (tertiary/aromatic N) is 1. The van der Waals surface area contributed by atoms with Gasteiger partial charge >= 0.3 is 0 Å². The Hall–Kier alpha value is -1.59. The number of carbonyl (C=O) groups is 1. The molecule has 1 aromatic rings. The first-order valence-electron chi connectivity index (χ1n) is 7.53. The van der Waals surface area contributed by atoms with Gasteiger partial charge in [-0.05, 0) is 50.7 Å². The zero-order chi connectivity index (χ0) is 15.1. The Balaban J connectivity index is 1.74. The van der Waals surface area contributed by atoms with Gasteiger partial charge in [0, 0.05) is 18.3 Å². The third kappa shape index (κ3) is 5.36. The second-order valence-corrected chi connectivity index (χ2v) is 5.62. The van der Waals surface area contributed by atoms with Crippen molar-refractivity contribution in [3.05, 3.63) is 24.3 Å². The Morgan fingerprint density at radius 2 is 2.14 bits per heavy atom. The summed E-state index contributed by atoms with van der Waals surface area (Å²) in [5.74, 6) is 0.798. The molecule has 21 heavy (non-hydrogen) atoms. The number of benzene rings is 1. The van der Waals surface area contributed by atoms with Gasteiger partial charge in [0.25, 0.3) is 0 Å². The molecule has 1 aliphatic heterocycles. The lowest BCUT2D eigenvalue weighted by Gasteiger charge is -2.27. The number of nitrogens with one attached hydrogen (secondary N) is 2. The molecule has 0 saturated carbocycles. The molecule has 0 aromatic heterocycles. The first-order valence-corrected chi connectivity index (χ1v) is 7.53. The fourth-order valence-corrected chi connectivity index (χ4v) is 2.64. The van der Waals surface area contributed by atoms with Gasteiger partial charge < -0.3 is 15.4 Å². The van der Waals surface area contributed by atoms with E-state index in [1.54, 1.807) is 7.11 Å². The van der Waals surface area contributed by atoms with E-state index in [9.17, 15) is 4.79 Å². The van der Waals surface area contributed by atoms with Crippen LogP contribution in [0, 0.1) is 0 Å². The maximum Gasteiger partial charge on any atom is 0.238 e. The summed E-state index contributed by atoms with van der Waals surface area (Å²) < 4.78 is 5.10. The predicted molar refractivity (Wildman–Crippen MR) is 84.8 cm³/mol. The van der Waals surface area contributed by atoms with Gasteiger partial charge in [-0.1, -0.05) is 6.42 Å². The molecular formula is C16H25N3O2. The molecule has 5 heteroatoms. The standard InChI is InChI=1S/C16H25N3O2/c1-19(11-14-5-3-4-10-17-14)12-16(20)18-13-6-8-15(21-2)9-7-13/h6-9,14,17H,3-5,10-12H2,1-2H3,(H,18,20). The van der Waals surface area contributed by atoms with Gasteiger partial charge in [-0.3, -0.25) is 9.69 Å². The number of piperidine rings is 1. The number of amides is 1. The zero-order valence-corrected chi connectivity index (χ0v) is 12.9. The number of likely N-dealkylation sites (N-methyl/N-ethyl adjacent to an activating group) is 1. The maximum atomic E-state index is 12.0. The van der Waals surface area contributed by atoms with E-state index in [0.29, 0.717) is 12.6 Å².